The minimum Gasteiger partial charge on any atom is -0.492 e. The van der Waals surface area contributed by atoms with Gasteiger partial charge < -0.3 is 19.2 Å². The molecule has 44 heavy (non-hydrogen) atoms. The summed E-state index contributed by atoms with van der Waals surface area (Å²) in [7, 11) is -3.55. The zero-order valence-corrected chi connectivity index (χ0v) is 25.0. The molecule has 0 spiro atoms. The number of H-pyrrole nitrogens is 1. The van der Waals surface area contributed by atoms with Crippen LogP contribution < -0.4 is 9.47 Å². The largest absolute Gasteiger partial charge is 0.492 e. The van der Waals surface area contributed by atoms with Gasteiger partial charge in [-0.25, -0.2) is 21.9 Å². The first-order chi connectivity index (χ1) is 21.0. The molecule has 0 amide bonds. The van der Waals surface area contributed by atoms with Gasteiger partial charge in [0.15, 0.2) is 21.4 Å². The van der Waals surface area contributed by atoms with E-state index < -0.39 is 32.6 Å². The molecular weight excluding hydrogens is 592 g/mol. The lowest BCUT2D eigenvalue weighted by Crippen LogP contribution is -2.26. The quantitative estimate of drug-likeness (QED) is 0.208. The molecule has 6 rings (SSSR count). The van der Waals surface area contributed by atoms with E-state index in [1.165, 1.54) is 28.9 Å². The highest BCUT2D eigenvalue weighted by molar-refractivity contribution is 7.89. The molecule has 1 aliphatic rings. The number of benzene rings is 3. The summed E-state index contributed by atoms with van der Waals surface area (Å²) < 4.78 is 73.2. The highest BCUT2D eigenvalue weighted by Crippen LogP contribution is 2.45. The Morgan fingerprint density at radius 1 is 1.14 bits per heavy atom. The number of carbonyl (C=O) groups is 1. The zero-order valence-electron chi connectivity index (χ0n) is 24.2. The molecule has 3 heterocycles. The van der Waals surface area contributed by atoms with E-state index in [0.29, 0.717) is 27.9 Å². The molecule has 2 aromatic heterocycles. The summed E-state index contributed by atoms with van der Waals surface area (Å²) in [5.74, 6) is -1.73. The van der Waals surface area contributed by atoms with E-state index in [4.69, 9.17) is 14.2 Å². The number of sulfone groups is 1. The van der Waals surface area contributed by atoms with Crippen molar-refractivity contribution in [3.63, 3.8) is 0 Å². The van der Waals surface area contributed by atoms with Crippen molar-refractivity contribution in [2.75, 3.05) is 19.5 Å². The molecule has 1 N–H and O–H groups in total. The molecular formula is C32H29F2N3O6S. The first-order valence-corrected chi connectivity index (χ1v) is 15.9. The molecule has 0 unspecified atom stereocenters. The fourth-order valence-corrected chi connectivity index (χ4v) is 6.35. The molecule has 9 nitrogen and oxygen atoms in total. The fourth-order valence-electron chi connectivity index (χ4n) is 5.54. The van der Waals surface area contributed by atoms with Crippen molar-refractivity contribution < 1.29 is 36.2 Å². The van der Waals surface area contributed by atoms with E-state index >= 15 is 8.78 Å². The Kier molecular flexibility index (Phi) is 7.40. The Morgan fingerprint density at radius 2 is 1.95 bits per heavy atom. The summed E-state index contributed by atoms with van der Waals surface area (Å²) in [6.07, 6.45) is 4.31. The van der Waals surface area contributed by atoms with Gasteiger partial charge in [0.2, 0.25) is 0 Å². The highest BCUT2D eigenvalue weighted by atomic mass is 32.2. The number of para-hydroxylation sites is 1. The number of rotatable bonds is 9. The third-order valence-electron chi connectivity index (χ3n) is 7.65. The molecule has 0 saturated heterocycles. The van der Waals surface area contributed by atoms with E-state index in [-0.39, 0.29) is 48.4 Å². The third kappa shape index (κ3) is 5.41. The summed E-state index contributed by atoms with van der Waals surface area (Å²) in [6.45, 7) is 4.25. The maximum absolute atomic E-state index is 15.2. The predicted octanol–water partition coefficient (Wildman–Crippen LogP) is 5.77. The first kappa shape index (κ1) is 29.4. The first-order valence-electron chi connectivity index (χ1n) is 13.9. The van der Waals surface area contributed by atoms with Gasteiger partial charge in [0.05, 0.1) is 29.9 Å². The normalized spacial score (nSPS) is 16.1. The van der Waals surface area contributed by atoms with E-state index in [2.05, 4.69) is 10.1 Å². The van der Waals surface area contributed by atoms with Crippen LogP contribution in [0.25, 0.3) is 16.6 Å². The Morgan fingerprint density at radius 3 is 2.73 bits per heavy atom. The van der Waals surface area contributed by atoms with E-state index in [9.17, 15) is 13.2 Å². The van der Waals surface area contributed by atoms with Crippen molar-refractivity contribution in [1.82, 2.24) is 14.8 Å². The minimum atomic E-state index is -3.55. The average molecular weight is 622 g/mol. The van der Waals surface area contributed by atoms with Crippen molar-refractivity contribution in [2.24, 2.45) is 0 Å². The molecule has 1 aliphatic heterocycles. The van der Waals surface area contributed by atoms with Crippen LogP contribution in [-0.2, 0) is 37.0 Å². The molecule has 1 atom stereocenters. The van der Waals surface area contributed by atoms with Crippen LogP contribution in [0.1, 0.15) is 36.2 Å². The van der Waals surface area contributed by atoms with Crippen molar-refractivity contribution in [1.29, 1.82) is 0 Å². The van der Waals surface area contributed by atoms with Crippen LogP contribution in [0.4, 0.5) is 8.78 Å². The molecule has 0 bridgehead atoms. The summed E-state index contributed by atoms with van der Waals surface area (Å²) in [5.41, 5.74) is 2.10. The van der Waals surface area contributed by atoms with Crippen molar-refractivity contribution in [3.05, 3.63) is 101 Å². The van der Waals surface area contributed by atoms with Crippen LogP contribution in [0.15, 0.2) is 67.0 Å². The standard InChI is InChI=1S/C32H29F2N3O6S/c1-4-41-29(38)14-19-6-5-7-23-30(19)42-18-32(23,2)28-11-13-37(36-28)27-15-20(8-9-24(27)33)43-31-22(17-44(3,39)40)21-10-12-35-26(21)16-25(31)34/h5-13,15-16,35H,4,14,17-18H2,1-3H3/t32-/m1/s1. The lowest BCUT2D eigenvalue weighted by molar-refractivity contribution is -0.142. The number of esters is 1. The van der Waals surface area contributed by atoms with Gasteiger partial charge in [-0.2, -0.15) is 5.10 Å². The van der Waals surface area contributed by atoms with Crippen LogP contribution in [-0.4, -0.2) is 48.6 Å². The van der Waals surface area contributed by atoms with Gasteiger partial charge >= 0.3 is 5.97 Å². The van der Waals surface area contributed by atoms with Gasteiger partial charge in [-0.1, -0.05) is 18.2 Å². The Bertz CT molecular complexity index is 2020. The summed E-state index contributed by atoms with van der Waals surface area (Å²) >= 11 is 0. The second-order valence-corrected chi connectivity index (χ2v) is 13.1. The van der Waals surface area contributed by atoms with Crippen LogP contribution in [0.3, 0.4) is 0 Å². The van der Waals surface area contributed by atoms with Gasteiger partial charge in [-0.05, 0) is 38.1 Å². The SMILES string of the molecule is CCOC(=O)Cc1cccc2c1OC[C@@]2(C)c1ccn(-c2cc(Oc3c(F)cc4[nH]ccc4c3CS(C)(=O)=O)ccc2F)n1. The van der Waals surface area contributed by atoms with E-state index in [0.717, 1.165) is 11.8 Å². The maximum Gasteiger partial charge on any atom is 0.310 e. The highest BCUT2D eigenvalue weighted by Gasteiger charge is 2.41. The maximum atomic E-state index is 15.2. The average Bonchev–Trinajstić information content (AvgIpc) is 3.71. The van der Waals surface area contributed by atoms with Gasteiger partial charge in [-0.15, -0.1) is 0 Å². The van der Waals surface area contributed by atoms with Crippen molar-refractivity contribution in [3.8, 4) is 22.9 Å². The smallest absolute Gasteiger partial charge is 0.310 e. The lowest BCUT2D eigenvalue weighted by atomic mass is 9.81. The number of aromatic nitrogens is 3. The van der Waals surface area contributed by atoms with Gasteiger partial charge in [-0.3, -0.25) is 4.79 Å². The molecule has 0 aliphatic carbocycles. The summed E-state index contributed by atoms with van der Waals surface area (Å²) in [4.78, 5) is 15.0. The summed E-state index contributed by atoms with van der Waals surface area (Å²) in [6, 6.07) is 14.1. The lowest BCUT2D eigenvalue weighted by Gasteiger charge is -2.20. The molecule has 0 saturated carbocycles. The second kappa shape index (κ2) is 11.1. The molecule has 3 aromatic carbocycles. The molecule has 0 fully saturated rings. The van der Waals surface area contributed by atoms with Crippen LogP contribution in [0, 0.1) is 11.6 Å². The van der Waals surface area contributed by atoms with Crippen LogP contribution in [0.2, 0.25) is 0 Å². The number of hydrogen-bond acceptors (Lipinski definition) is 7. The number of carbonyl (C=O) groups excluding carboxylic acids is 1. The third-order valence-corrected chi connectivity index (χ3v) is 8.46. The van der Waals surface area contributed by atoms with Gasteiger partial charge in [0, 0.05) is 58.4 Å². The van der Waals surface area contributed by atoms with Crippen molar-refractivity contribution in [2.45, 2.75) is 31.4 Å². The second-order valence-electron chi connectivity index (χ2n) is 10.9. The van der Waals surface area contributed by atoms with Gasteiger partial charge in [0.25, 0.3) is 0 Å². The van der Waals surface area contributed by atoms with Gasteiger partial charge in [0.1, 0.15) is 29.6 Å². The Labute approximate surface area is 252 Å². The topological polar surface area (TPSA) is 113 Å². The predicted molar refractivity (Wildman–Crippen MR) is 159 cm³/mol. The van der Waals surface area contributed by atoms with Crippen LogP contribution >= 0.6 is 0 Å². The molecule has 0 radical (unpaired) electrons. The zero-order chi connectivity index (χ0) is 31.2. The Balaban J connectivity index is 1.33. The number of nitrogens with zero attached hydrogens (tertiary/aromatic N) is 2. The fraction of sp³-hybridized carbons (Fsp3) is 0.250. The Hall–Kier alpha value is -4.71. The molecule has 228 valence electrons. The minimum absolute atomic E-state index is 0.0420. The molecule has 5 aromatic rings. The van der Waals surface area contributed by atoms with E-state index in [1.807, 2.05) is 25.1 Å². The van der Waals surface area contributed by atoms with E-state index in [1.54, 1.807) is 31.5 Å². The van der Waals surface area contributed by atoms with Crippen molar-refractivity contribution >= 4 is 26.7 Å². The number of ether oxygens (including phenoxy) is 3. The number of aromatic amines is 1. The number of hydrogen-bond donors (Lipinski definition) is 1. The van der Waals surface area contributed by atoms with Crippen LogP contribution in [0.5, 0.6) is 17.2 Å². The number of fused-ring (bicyclic) bond motifs is 2. The monoisotopic (exact) mass is 621 g/mol. The summed E-state index contributed by atoms with van der Waals surface area (Å²) in [5, 5.41) is 5.18. The number of halogens is 2. The number of nitrogens with one attached hydrogen (secondary N) is 1. The molecule has 12 heteroatoms.